The maximum absolute atomic E-state index is 12.5. The first kappa shape index (κ1) is 16.7. The topological polar surface area (TPSA) is 112 Å². The average Bonchev–Trinajstić information content (AvgIpc) is 3.40. The van der Waals surface area contributed by atoms with Crippen molar-refractivity contribution in [3.63, 3.8) is 0 Å². The molecule has 1 fully saturated rings. The van der Waals surface area contributed by atoms with Crippen molar-refractivity contribution in [3.8, 4) is 0 Å². The summed E-state index contributed by atoms with van der Waals surface area (Å²) < 4.78 is 28.2. The summed E-state index contributed by atoms with van der Waals surface area (Å²) >= 11 is 0. The lowest BCUT2D eigenvalue weighted by atomic mass is 10.4. The summed E-state index contributed by atoms with van der Waals surface area (Å²) in [4.78, 5) is 15.2. The van der Waals surface area contributed by atoms with E-state index in [0.717, 1.165) is 12.8 Å². The number of pyridine rings is 1. The lowest BCUT2D eigenvalue weighted by Gasteiger charge is -2.13. The van der Waals surface area contributed by atoms with E-state index in [2.05, 4.69) is 20.5 Å². The monoisotopic (exact) mass is 374 g/mol. The highest BCUT2D eigenvalue weighted by atomic mass is 32.2. The Hall–Kier alpha value is -2.72. The van der Waals surface area contributed by atoms with Crippen molar-refractivity contribution in [2.75, 3.05) is 13.1 Å². The molecule has 136 valence electrons. The van der Waals surface area contributed by atoms with Gasteiger partial charge in [0.2, 0.25) is 10.0 Å². The number of nitrogens with zero attached hydrogens (tertiary/aromatic N) is 4. The summed E-state index contributed by atoms with van der Waals surface area (Å²) in [5, 5.41) is 10.8. The van der Waals surface area contributed by atoms with Crippen molar-refractivity contribution in [3.05, 3.63) is 48.2 Å². The normalized spacial score (nSPS) is 15.5. The molecule has 1 aliphatic rings. The van der Waals surface area contributed by atoms with Crippen LogP contribution in [0.3, 0.4) is 0 Å². The summed E-state index contributed by atoms with van der Waals surface area (Å²) in [5.41, 5.74) is 0.882. The molecule has 4 heterocycles. The summed E-state index contributed by atoms with van der Waals surface area (Å²) in [6.45, 7) is 1.22. The van der Waals surface area contributed by atoms with Crippen LogP contribution in [-0.2, 0) is 16.6 Å². The zero-order chi connectivity index (χ0) is 18.1. The summed E-state index contributed by atoms with van der Waals surface area (Å²) in [5.74, 6) is 0.186. The van der Waals surface area contributed by atoms with E-state index >= 15 is 0 Å². The van der Waals surface area contributed by atoms with E-state index in [1.165, 1.54) is 16.6 Å². The van der Waals surface area contributed by atoms with Gasteiger partial charge >= 0.3 is 0 Å². The molecule has 0 unspecified atom stereocenters. The third-order valence-electron chi connectivity index (χ3n) is 4.40. The van der Waals surface area contributed by atoms with Crippen molar-refractivity contribution in [2.45, 2.75) is 24.3 Å². The first-order chi connectivity index (χ1) is 12.6. The molecule has 26 heavy (non-hydrogen) atoms. The van der Waals surface area contributed by atoms with Crippen LogP contribution in [0.2, 0.25) is 0 Å². The van der Waals surface area contributed by atoms with Crippen LogP contribution in [0.15, 0.2) is 41.6 Å². The highest BCUT2D eigenvalue weighted by Crippen LogP contribution is 2.21. The van der Waals surface area contributed by atoms with Crippen LogP contribution >= 0.6 is 0 Å². The Kier molecular flexibility index (Phi) is 4.21. The van der Waals surface area contributed by atoms with Gasteiger partial charge in [-0.25, -0.2) is 8.42 Å². The number of aromatic nitrogens is 4. The first-order valence-electron chi connectivity index (χ1n) is 8.31. The van der Waals surface area contributed by atoms with E-state index in [1.54, 1.807) is 4.40 Å². The number of carbonyl (C=O) groups excluding carboxylic acids is 1. The van der Waals surface area contributed by atoms with Gasteiger partial charge in [-0.2, -0.15) is 4.31 Å². The van der Waals surface area contributed by atoms with E-state index in [1.807, 2.05) is 24.4 Å². The number of amides is 1. The zero-order valence-corrected chi connectivity index (χ0v) is 14.7. The SMILES string of the molecule is O=C(NCc1nnc2ccccn12)c1cc(S(=O)(=O)N2CCCC2)c[nH]1. The molecule has 0 bridgehead atoms. The molecule has 0 radical (unpaired) electrons. The molecular formula is C16H18N6O3S. The van der Waals surface area contributed by atoms with Gasteiger partial charge in [-0.3, -0.25) is 9.20 Å². The number of carbonyl (C=O) groups is 1. The van der Waals surface area contributed by atoms with Crippen LogP contribution < -0.4 is 5.32 Å². The summed E-state index contributed by atoms with van der Waals surface area (Å²) in [6.07, 6.45) is 4.90. The minimum absolute atomic E-state index is 0.109. The van der Waals surface area contributed by atoms with Crippen molar-refractivity contribution in [1.29, 1.82) is 0 Å². The lowest BCUT2D eigenvalue weighted by molar-refractivity contribution is 0.0945. The fourth-order valence-electron chi connectivity index (χ4n) is 3.00. The highest BCUT2D eigenvalue weighted by molar-refractivity contribution is 7.89. The van der Waals surface area contributed by atoms with E-state index in [9.17, 15) is 13.2 Å². The predicted molar refractivity (Wildman–Crippen MR) is 92.9 cm³/mol. The predicted octanol–water partition coefficient (Wildman–Crippen LogP) is 0.772. The minimum Gasteiger partial charge on any atom is -0.356 e. The second-order valence-electron chi connectivity index (χ2n) is 6.09. The number of fused-ring (bicyclic) bond motifs is 1. The zero-order valence-electron chi connectivity index (χ0n) is 13.9. The Morgan fingerprint density at radius 1 is 1.23 bits per heavy atom. The molecule has 3 aromatic heterocycles. The number of rotatable bonds is 5. The molecule has 1 amide bonds. The number of aromatic amines is 1. The van der Waals surface area contributed by atoms with Gasteiger partial charge in [-0.15, -0.1) is 10.2 Å². The van der Waals surface area contributed by atoms with Gasteiger partial charge in [0.05, 0.1) is 6.54 Å². The second kappa shape index (κ2) is 6.54. The number of sulfonamides is 1. The van der Waals surface area contributed by atoms with E-state index in [0.29, 0.717) is 24.6 Å². The van der Waals surface area contributed by atoms with Gasteiger partial charge in [-0.1, -0.05) is 6.07 Å². The third-order valence-corrected chi connectivity index (χ3v) is 6.27. The van der Waals surface area contributed by atoms with Crippen LogP contribution in [0.5, 0.6) is 0 Å². The first-order valence-corrected chi connectivity index (χ1v) is 9.75. The molecule has 9 nitrogen and oxygen atoms in total. The summed E-state index contributed by atoms with van der Waals surface area (Å²) in [7, 11) is -3.54. The quantitative estimate of drug-likeness (QED) is 0.685. The van der Waals surface area contributed by atoms with E-state index in [4.69, 9.17) is 0 Å². The number of hydrogen-bond donors (Lipinski definition) is 2. The van der Waals surface area contributed by atoms with E-state index in [-0.39, 0.29) is 17.1 Å². The Balaban J connectivity index is 1.46. The van der Waals surface area contributed by atoms with Crippen LogP contribution in [0.1, 0.15) is 29.2 Å². The van der Waals surface area contributed by atoms with Crippen molar-refractivity contribution < 1.29 is 13.2 Å². The molecule has 1 saturated heterocycles. The lowest BCUT2D eigenvalue weighted by Crippen LogP contribution is -2.27. The minimum atomic E-state index is -3.54. The Morgan fingerprint density at radius 2 is 2.04 bits per heavy atom. The van der Waals surface area contributed by atoms with Crippen LogP contribution in [0.25, 0.3) is 5.65 Å². The van der Waals surface area contributed by atoms with Gasteiger partial charge in [0.15, 0.2) is 11.5 Å². The smallest absolute Gasteiger partial charge is 0.268 e. The van der Waals surface area contributed by atoms with Gasteiger partial charge in [-0.05, 0) is 31.0 Å². The molecule has 0 aliphatic carbocycles. The molecule has 2 N–H and O–H groups in total. The van der Waals surface area contributed by atoms with Gasteiger partial charge in [0.1, 0.15) is 10.6 Å². The number of H-pyrrole nitrogens is 1. The highest BCUT2D eigenvalue weighted by Gasteiger charge is 2.28. The molecule has 0 atom stereocenters. The van der Waals surface area contributed by atoms with Crippen molar-refractivity contribution in [1.82, 2.24) is 29.2 Å². The van der Waals surface area contributed by atoms with Crippen LogP contribution in [-0.4, -0.2) is 51.3 Å². The van der Waals surface area contributed by atoms with Gasteiger partial charge < -0.3 is 10.3 Å². The van der Waals surface area contributed by atoms with Crippen LogP contribution in [0.4, 0.5) is 0 Å². The molecule has 1 aliphatic heterocycles. The van der Waals surface area contributed by atoms with Crippen molar-refractivity contribution in [2.24, 2.45) is 0 Å². The van der Waals surface area contributed by atoms with Gasteiger partial charge in [0, 0.05) is 25.5 Å². The Morgan fingerprint density at radius 3 is 2.85 bits per heavy atom. The van der Waals surface area contributed by atoms with E-state index < -0.39 is 15.9 Å². The largest absolute Gasteiger partial charge is 0.356 e. The molecule has 0 saturated carbocycles. The van der Waals surface area contributed by atoms with Crippen molar-refractivity contribution >= 4 is 21.6 Å². The maximum Gasteiger partial charge on any atom is 0.268 e. The molecule has 4 rings (SSSR count). The molecule has 10 heteroatoms. The third kappa shape index (κ3) is 2.97. The number of hydrogen-bond acceptors (Lipinski definition) is 5. The average molecular weight is 374 g/mol. The fraction of sp³-hybridized carbons (Fsp3) is 0.312. The van der Waals surface area contributed by atoms with Gasteiger partial charge in [0.25, 0.3) is 5.91 Å². The Labute approximate surface area is 150 Å². The summed E-state index contributed by atoms with van der Waals surface area (Å²) in [6, 6.07) is 6.89. The number of nitrogens with one attached hydrogen (secondary N) is 2. The molecule has 3 aromatic rings. The standard InChI is InChI=1S/C16H18N6O3S/c23-16(18-11-15-20-19-14-5-1-2-8-22(14)15)13-9-12(10-17-13)26(24,25)21-6-3-4-7-21/h1-2,5,8-10,17H,3-4,6-7,11H2,(H,18,23). The maximum atomic E-state index is 12.5. The fourth-order valence-corrected chi connectivity index (χ4v) is 4.51. The second-order valence-corrected chi connectivity index (χ2v) is 8.03. The molecule has 0 spiro atoms. The molecule has 0 aromatic carbocycles. The van der Waals surface area contributed by atoms with Crippen LogP contribution in [0, 0.1) is 0 Å². The Bertz CT molecular complexity index is 1050. The molecular weight excluding hydrogens is 356 g/mol.